The van der Waals surface area contributed by atoms with Crippen LogP contribution in [-0.4, -0.2) is 30.4 Å². The Balaban J connectivity index is 2.22. The summed E-state index contributed by atoms with van der Waals surface area (Å²) in [5, 5.41) is 6.12. The van der Waals surface area contributed by atoms with Gasteiger partial charge in [0.25, 0.3) is 0 Å². The number of nitrogens with zero attached hydrogens (tertiary/aromatic N) is 1. The fourth-order valence-corrected chi connectivity index (χ4v) is 1.93. The lowest BCUT2D eigenvalue weighted by molar-refractivity contribution is -0.120. The van der Waals surface area contributed by atoms with Gasteiger partial charge < -0.3 is 10.6 Å². The van der Waals surface area contributed by atoms with E-state index in [1.807, 2.05) is 28.7 Å². The van der Waals surface area contributed by atoms with Gasteiger partial charge in [0, 0.05) is 19.5 Å². The standard InChI is InChI=1S/C10H15N3O2S/c1-13(6-8-3-5-16-7-8)4-2-9(14)12-10(11)15/h3,5,7H,2,4,6H2,1H3,(H3,11,12,14,15). The third-order valence-electron chi connectivity index (χ3n) is 2.02. The number of urea groups is 1. The largest absolute Gasteiger partial charge is 0.351 e. The normalized spacial score (nSPS) is 10.4. The van der Waals surface area contributed by atoms with Crippen molar-refractivity contribution in [3.05, 3.63) is 22.4 Å². The molecule has 0 saturated heterocycles. The van der Waals surface area contributed by atoms with Crippen molar-refractivity contribution in [3.63, 3.8) is 0 Å². The highest BCUT2D eigenvalue weighted by molar-refractivity contribution is 7.07. The molecule has 6 heteroatoms. The van der Waals surface area contributed by atoms with Gasteiger partial charge >= 0.3 is 6.03 Å². The van der Waals surface area contributed by atoms with Crippen LogP contribution in [-0.2, 0) is 11.3 Å². The molecule has 0 aliphatic rings. The molecular formula is C10H15N3O2S. The maximum atomic E-state index is 11.1. The highest BCUT2D eigenvalue weighted by atomic mass is 32.1. The highest BCUT2D eigenvalue weighted by Gasteiger charge is 2.06. The van der Waals surface area contributed by atoms with Crippen molar-refractivity contribution >= 4 is 23.3 Å². The summed E-state index contributed by atoms with van der Waals surface area (Å²) in [6.07, 6.45) is 0.267. The molecule has 1 heterocycles. The third-order valence-corrected chi connectivity index (χ3v) is 2.75. The molecule has 0 saturated carbocycles. The Kier molecular flexibility index (Phi) is 4.94. The minimum Gasteiger partial charge on any atom is -0.351 e. The van der Waals surface area contributed by atoms with Crippen LogP contribution in [0.3, 0.4) is 0 Å². The molecule has 0 bridgehead atoms. The third kappa shape index (κ3) is 4.90. The quantitative estimate of drug-likeness (QED) is 0.799. The number of nitrogens with two attached hydrogens (primary N) is 1. The monoisotopic (exact) mass is 241 g/mol. The zero-order valence-corrected chi connectivity index (χ0v) is 9.92. The molecule has 5 nitrogen and oxygen atoms in total. The number of rotatable bonds is 5. The van der Waals surface area contributed by atoms with E-state index in [4.69, 9.17) is 5.73 Å². The van der Waals surface area contributed by atoms with E-state index in [2.05, 4.69) is 5.38 Å². The number of imide groups is 1. The average molecular weight is 241 g/mol. The van der Waals surface area contributed by atoms with Crippen LogP contribution in [0.5, 0.6) is 0 Å². The summed E-state index contributed by atoms with van der Waals surface area (Å²) in [5.74, 6) is -0.343. The van der Waals surface area contributed by atoms with Gasteiger partial charge in [-0.15, -0.1) is 0 Å². The van der Waals surface area contributed by atoms with Crippen LogP contribution < -0.4 is 11.1 Å². The van der Waals surface area contributed by atoms with Crippen LogP contribution in [0.2, 0.25) is 0 Å². The number of primary amides is 1. The van der Waals surface area contributed by atoms with Crippen molar-refractivity contribution in [3.8, 4) is 0 Å². The Morgan fingerprint density at radius 2 is 2.31 bits per heavy atom. The molecule has 0 unspecified atom stereocenters. The number of amides is 3. The van der Waals surface area contributed by atoms with Gasteiger partial charge in [-0.25, -0.2) is 4.79 Å². The van der Waals surface area contributed by atoms with Crippen LogP contribution in [0.25, 0.3) is 0 Å². The van der Waals surface area contributed by atoms with Crippen molar-refractivity contribution in [1.82, 2.24) is 10.2 Å². The maximum Gasteiger partial charge on any atom is 0.318 e. The summed E-state index contributed by atoms with van der Waals surface area (Å²) < 4.78 is 0. The zero-order chi connectivity index (χ0) is 12.0. The first-order chi connectivity index (χ1) is 7.58. The summed E-state index contributed by atoms with van der Waals surface area (Å²) in [7, 11) is 1.93. The Bertz CT molecular complexity index is 351. The van der Waals surface area contributed by atoms with E-state index < -0.39 is 6.03 Å². The fraction of sp³-hybridized carbons (Fsp3) is 0.400. The fourth-order valence-electron chi connectivity index (χ4n) is 1.27. The molecule has 3 amide bonds. The molecule has 0 aliphatic heterocycles. The van der Waals surface area contributed by atoms with Crippen LogP contribution in [0.15, 0.2) is 16.8 Å². The molecule has 0 aliphatic carbocycles. The van der Waals surface area contributed by atoms with Gasteiger partial charge in [0.2, 0.25) is 5.91 Å². The Morgan fingerprint density at radius 3 is 2.88 bits per heavy atom. The van der Waals surface area contributed by atoms with Crippen LogP contribution >= 0.6 is 11.3 Å². The number of carbonyl (C=O) groups is 2. The summed E-state index contributed by atoms with van der Waals surface area (Å²) >= 11 is 1.65. The number of carbonyl (C=O) groups excluding carboxylic acids is 2. The molecular weight excluding hydrogens is 226 g/mol. The van der Waals surface area contributed by atoms with Crippen molar-refractivity contribution in [2.75, 3.05) is 13.6 Å². The minimum absolute atomic E-state index is 0.267. The lowest BCUT2D eigenvalue weighted by Gasteiger charge is -2.14. The summed E-state index contributed by atoms with van der Waals surface area (Å²) in [5.41, 5.74) is 6.05. The summed E-state index contributed by atoms with van der Waals surface area (Å²) in [4.78, 5) is 23.5. The molecule has 1 aromatic heterocycles. The Hall–Kier alpha value is -1.40. The van der Waals surface area contributed by atoms with E-state index in [1.165, 1.54) is 5.56 Å². The van der Waals surface area contributed by atoms with Crippen molar-refractivity contribution in [1.29, 1.82) is 0 Å². The van der Waals surface area contributed by atoms with E-state index in [0.717, 1.165) is 6.54 Å². The first-order valence-electron chi connectivity index (χ1n) is 4.87. The molecule has 1 aromatic rings. The second kappa shape index (κ2) is 6.24. The van der Waals surface area contributed by atoms with Gasteiger partial charge in [0.05, 0.1) is 0 Å². The summed E-state index contributed by atoms with van der Waals surface area (Å²) in [6.45, 7) is 1.39. The van der Waals surface area contributed by atoms with Gasteiger partial charge in [0.15, 0.2) is 0 Å². The number of thiophene rings is 1. The number of hydrogen-bond donors (Lipinski definition) is 2. The molecule has 88 valence electrons. The molecule has 16 heavy (non-hydrogen) atoms. The SMILES string of the molecule is CN(CCC(=O)NC(N)=O)Cc1ccsc1. The number of hydrogen-bond acceptors (Lipinski definition) is 4. The predicted molar refractivity (Wildman–Crippen MR) is 63.0 cm³/mol. The van der Waals surface area contributed by atoms with E-state index >= 15 is 0 Å². The van der Waals surface area contributed by atoms with Gasteiger partial charge in [-0.2, -0.15) is 11.3 Å². The maximum absolute atomic E-state index is 11.1. The Labute approximate surface area is 98.2 Å². The van der Waals surface area contributed by atoms with Gasteiger partial charge in [-0.1, -0.05) is 0 Å². The van der Waals surface area contributed by atoms with Crippen molar-refractivity contribution in [2.24, 2.45) is 5.73 Å². The van der Waals surface area contributed by atoms with Gasteiger partial charge in [-0.3, -0.25) is 10.1 Å². The van der Waals surface area contributed by atoms with Gasteiger partial charge in [-0.05, 0) is 29.4 Å². The molecule has 0 fully saturated rings. The van der Waals surface area contributed by atoms with E-state index in [1.54, 1.807) is 11.3 Å². The lowest BCUT2D eigenvalue weighted by atomic mass is 10.3. The lowest BCUT2D eigenvalue weighted by Crippen LogP contribution is -2.36. The zero-order valence-electron chi connectivity index (χ0n) is 9.10. The van der Waals surface area contributed by atoms with E-state index in [-0.39, 0.29) is 12.3 Å². The minimum atomic E-state index is -0.800. The number of nitrogens with one attached hydrogen (secondary N) is 1. The Morgan fingerprint density at radius 1 is 1.56 bits per heavy atom. The van der Waals surface area contributed by atoms with Crippen LogP contribution in [0.4, 0.5) is 4.79 Å². The van der Waals surface area contributed by atoms with E-state index in [0.29, 0.717) is 6.54 Å². The molecule has 1 rings (SSSR count). The molecule has 0 atom stereocenters. The smallest absolute Gasteiger partial charge is 0.318 e. The van der Waals surface area contributed by atoms with Crippen LogP contribution in [0.1, 0.15) is 12.0 Å². The second-order valence-corrected chi connectivity index (χ2v) is 4.31. The first kappa shape index (κ1) is 12.7. The predicted octanol–water partition coefficient (Wildman–Crippen LogP) is 0.765. The topological polar surface area (TPSA) is 75.4 Å². The van der Waals surface area contributed by atoms with E-state index in [9.17, 15) is 9.59 Å². The van der Waals surface area contributed by atoms with Gasteiger partial charge in [0.1, 0.15) is 0 Å². The first-order valence-corrected chi connectivity index (χ1v) is 5.81. The van der Waals surface area contributed by atoms with Crippen molar-refractivity contribution in [2.45, 2.75) is 13.0 Å². The van der Waals surface area contributed by atoms with Crippen LogP contribution in [0, 0.1) is 0 Å². The highest BCUT2D eigenvalue weighted by Crippen LogP contribution is 2.08. The van der Waals surface area contributed by atoms with Crippen molar-refractivity contribution < 1.29 is 9.59 Å². The molecule has 3 N–H and O–H groups in total. The molecule has 0 spiro atoms. The second-order valence-electron chi connectivity index (χ2n) is 3.53. The summed E-state index contributed by atoms with van der Waals surface area (Å²) in [6, 6.07) is 1.25. The molecule has 0 aromatic carbocycles. The molecule has 0 radical (unpaired) electrons. The average Bonchev–Trinajstić information content (AvgIpc) is 2.66.